The standard InChI is InChI=1S/C13H21N5O2/c1-2-14-13-16-9-11(18(19)20)12(17-13)15-8-10-6-4-3-5-7-10/h9-10H,2-8H2,1H3,(H2,14,15,16,17). The van der Waals surface area contributed by atoms with Crippen LogP contribution in [-0.2, 0) is 0 Å². The average Bonchev–Trinajstić information content (AvgIpc) is 2.46. The molecule has 110 valence electrons. The van der Waals surface area contributed by atoms with Gasteiger partial charge in [0, 0.05) is 13.1 Å². The van der Waals surface area contributed by atoms with E-state index >= 15 is 0 Å². The molecule has 0 aromatic carbocycles. The van der Waals surface area contributed by atoms with Gasteiger partial charge in [-0.2, -0.15) is 4.98 Å². The molecule has 0 aliphatic heterocycles. The SMILES string of the molecule is CCNc1ncc([N+](=O)[O-])c(NCC2CCCCC2)n1. The molecular weight excluding hydrogens is 258 g/mol. The van der Waals surface area contributed by atoms with Crippen molar-refractivity contribution in [3.8, 4) is 0 Å². The van der Waals surface area contributed by atoms with E-state index in [1.807, 2.05) is 6.92 Å². The lowest BCUT2D eigenvalue weighted by atomic mass is 9.89. The monoisotopic (exact) mass is 279 g/mol. The normalized spacial score (nSPS) is 15.8. The Labute approximate surface area is 118 Å². The van der Waals surface area contributed by atoms with E-state index in [4.69, 9.17) is 0 Å². The van der Waals surface area contributed by atoms with Crippen LogP contribution >= 0.6 is 0 Å². The molecule has 0 radical (unpaired) electrons. The first-order valence-corrected chi connectivity index (χ1v) is 7.20. The first kappa shape index (κ1) is 14.5. The van der Waals surface area contributed by atoms with Crippen LogP contribution in [0, 0.1) is 16.0 Å². The van der Waals surface area contributed by atoms with Gasteiger partial charge in [0.05, 0.1) is 4.92 Å². The lowest BCUT2D eigenvalue weighted by Crippen LogP contribution is -2.18. The number of hydrogen-bond acceptors (Lipinski definition) is 6. The van der Waals surface area contributed by atoms with E-state index in [1.165, 1.54) is 38.3 Å². The summed E-state index contributed by atoms with van der Waals surface area (Å²) in [6, 6.07) is 0. The van der Waals surface area contributed by atoms with Gasteiger partial charge in [-0.05, 0) is 25.7 Å². The third kappa shape index (κ3) is 3.79. The first-order chi connectivity index (χ1) is 9.70. The second-order valence-corrected chi connectivity index (χ2v) is 5.10. The molecule has 0 unspecified atom stereocenters. The fraction of sp³-hybridized carbons (Fsp3) is 0.692. The number of nitro groups is 1. The molecule has 1 saturated carbocycles. The Bertz CT molecular complexity index is 460. The summed E-state index contributed by atoms with van der Waals surface area (Å²) in [6.07, 6.45) is 7.43. The van der Waals surface area contributed by atoms with Crippen molar-refractivity contribution in [2.45, 2.75) is 39.0 Å². The van der Waals surface area contributed by atoms with Gasteiger partial charge in [-0.15, -0.1) is 0 Å². The molecule has 1 aromatic rings. The molecule has 1 heterocycles. The van der Waals surface area contributed by atoms with Crippen molar-refractivity contribution in [1.29, 1.82) is 0 Å². The fourth-order valence-electron chi connectivity index (χ4n) is 2.51. The minimum absolute atomic E-state index is 0.0672. The highest BCUT2D eigenvalue weighted by atomic mass is 16.6. The minimum atomic E-state index is -0.446. The van der Waals surface area contributed by atoms with Gasteiger partial charge in [0.15, 0.2) is 0 Å². The predicted octanol–water partition coefficient (Wildman–Crippen LogP) is 2.81. The molecule has 0 bridgehead atoms. The maximum atomic E-state index is 11.0. The molecule has 0 spiro atoms. The largest absolute Gasteiger partial charge is 0.364 e. The van der Waals surface area contributed by atoms with Crippen molar-refractivity contribution < 1.29 is 4.92 Å². The van der Waals surface area contributed by atoms with Gasteiger partial charge in [0.25, 0.3) is 0 Å². The number of nitrogens with one attached hydrogen (secondary N) is 2. The van der Waals surface area contributed by atoms with Crippen LogP contribution < -0.4 is 10.6 Å². The van der Waals surface area contributed by atoms with Crippen molar-refractivity contribution in [2.75, 3.05) is 23.7 Å². The molecule has 1 fully saturated rings. The van der Waals surface area contributed by atoms with Gasteiger partial charge in [0.1, 0.15) is 6.20 Å². The Morgan fingerprint density at radius 1 is 1.35 bits per heavy atom. The lowest BCUT2D eigenvalue weighted by molar-refractivity contribution is -0.384. The molecule has 1 aliphatic rings. The Balaban J connectivity index is 2.06. The molecule has 0 amide bonds. The second kappa shape index (κ2) is 7.02. The summed E-state index contributed by atoms with van der Waals surface area (Å²) in [6.45, 7) is 3.35. The molecule has 1 aromatic heterocycles. The summed E-state index contributed by atoms with van der Waals surface area (Å²) >= 11 is 0. The molecule has 7 nitrogen and oxygen atoms in total. The topological polar surface area (TPSA) is 93.0 Å². The van der Waals surface area contributed by atoms with Gasteiger partial charge >= 0.3 is 5.69 Å². The maximum absolute atomic E-state index is 11.0. The van der Waals surface area contributed by atoms with Crippen molar-refractivity contribution in [2.24, 2.45) is 5.92 Å². The highest BCUT2D eigenvalue weighted by molar-refractivity contribution is 5.56. The summed E-state index contributed by atoms with van der Waals surface area (Å²) in [7, 11) is 0. The van der Waals surface area contributed by atoms with E-state index in [0.717, 1.165) is 6.54 Å². The van der Waals surface area contributed by atoms with Crippen molar-refractivity contribution in [1.82, 2.24) is 9.97 Å². The molecule has 0 atom stereocenters. The zero-order chi connectivity index (χ0) is 14.4. The molecule has 2 rings (SSSR count). The third-order valence-electron chi connectivity index (χ3n) is 3.58. The summed E-state index contributed by atoms with van der Waals surface area (Å²) in [5, 5.41) is 17.1. The van der Waals surface area contributed by atoms with Crippen molar-refractivity contribution >= 4 is 17.5 Å². The Morgan fingerprint density at radius 3 is 2.75 bits per heavy atom. The van der Waals surface area contributed by atoms with Crippen LogP contribution in [0.2, 0.25) is 0 Å². The number of hydrogen-bond donors (Lipinski definition) is 2. The van der Waals surface area contributed by atoms with E-state index in [1.54, 1.807) is 0 Å². The Morgan fingerprint density at radius 2 is 2.10 bits per heavy atom. The molecule has 0 saturated heterocycles. The van der Waals surface area contributed by atoms with Crippen molar-refractivity contribution in [3.63, 3.8) is 0 Å². The number of nitrogens with zero attached hydrogens (tertiary/aromatic N) is 3. The van der Waals surface area contributed by atoms with E-state index in [2.05, 4.69) is 20.6 Å². The Kier molecular flexibility index (Phi) is 5.09. The summed E-state index contributed by atoms with van der Waals surface area (Å²) in [5.74, 6) is 1.32. The predicted molar refractivity (Wildman–Crippen MR) is 77.9 cm³/mol. The summed E-state index contributed by atoms with van der Waals surface area (Å²) < 4.78 is 0. The highest BCUT2D eigenvalue weighted by Gasteiger charge is 2.19. The van der Waals surface area contributed by atoms with E-state index < -0.39 is 4.92 Å². The summed E-state index contributed by atoms with van der Waals surface area (Å²) in [4.78, 5) is 18.7. The molecule has 20 heavy (non-hydrogen) atoms. The van der Waals surface area contributed by atoms with Crippen molar-refractivity contribution in [3.05, 3.63) is 16.3 Å². The van der Waals surface area contributed by atoms with E-state index in [-0.39, 0.29) is 5.69 Å². The van der Waals surface area contributed by atoms with Crippen LogP contribution in [0.3, 0.4) is 0 Å². The smallest absolute Gasteiger partial charge is 0.329 e. The van der Waals surface area contributed by atoms with Gasteiger partial charge in [0.2, 0.25) is 11.8 Å². The van der Waals surface area contributed by atoms with E-state index in [0.29, 0.717) is 24.2 Å². The van der Waals surface area contributed by atoms with Crippen LogP contribution in [0.25, 0.3) is 0 Å². The van der Waals surface area contributed by atoms with Crippen LogP contribution in [-0.4, -0.2) is 28.0 Å². The first-order valence-electron chi connectivity index (χ1n) is 7.20. The lowest BCUT2D eigenvalue weighted by Gasteiger charge is -2.21. The van der Waals surface area contributed by atoms with Crippen LogP contribution in [0.1, 0.15) is 39.0 Å². The average molecular weight is 279 g/mol. The number of anilines is 2. The fourth-order valence-corrected chi connectivity index (χ4v) is 2.51. The molecular formula is C13H21N5O2. The van der Waals surface area contributed by atoms with Crippen LogP contribution in [0.5, 0.6) is 0 Å². The third-order valence-corrected chi connectivity index (χ3v) is 3.58. The van der Waals surface area contributed by atoms with Crippen LogP contribution in [0.4, 0.5) is 17.5 Å². The molecule has 7 heteroatoms. The van der Waals surface area contributed by atoms with Gasteiger partial charge in [-0.3, -0.25) is 10.1 Å². The zero-order valence-corrected chi connectivity index (χ0v) is 11.8. The highest BCUT2D eigenvalue weighted by Crippen LogP contribution is 2.26. The Hall–Kier alpha value is -1.92. The van der Waals surface area contributed by atoms with Gasteiger partial charge in [-0.25, -0.2) is 4.98 Å². The maximum Gasteiger partial charge on any atom is 0.329 e. The van der Waals surface area contributed by atoms with E-state index in [9.17, 15) is 10.1 Å². The van der Waals surface area contributed by atoms with Crippen LogP contribution in [0.15, 0.2) is 6.20 Å². The van der Waals surface area contributed by atoms with Gasteiger partial charge < -0.3 is 10.6 Å². The number of rotatable bonds is 6. The second-order valence-electron chi connectivity index (χ2n) is 5.10. The minimum Gasteiger partial charge on any atom is -0.364 e. The molecule has 2 N–H and O–H groups in total. The quantitative estimate of drug-likeness (QED) is 0.614. The zero-order valence-electron chi connectivity index (χ0n) is 11.8. The van der Waals surface area contributed by atoms with Gasteiger partial charge in [-0.1, -0.05) is 19.3 Å². The molecule has 1 aliphatic carbocycles. The number of aromatic nitrogens is 2. The summed E-state index contributed by atoms with van der Waals surface area (Å²) in [5.41, 5.74) is -0.0672.